The van der Waals surface area contributed by atoms with E-state index in [-0.39, 0.29) is 5.95 Å². The molecule has 3 nitrogen and oxygen atoms in total. The summed E-state index contributed by atoms with van der Waals surface area (Å²) in [6.45, 7) is 0.458. The van der Waals surface area contributed by atoms with E-state index in [1.54, 1.807) is 12.1 Å². The molecule has 1 aromatic heterocycles. The summed E-state index contributed by atoms with van der Waals surface area (Å²) in [5.41, 5.74) is 0.606. The first-order valence-electron chi connectivity index (χ1n) is 4.21. The van der Waals surface area contributed by atoms with Gasteiger partial charge in [-0.25, -0.2) is 0 Å². The molecule has 0 fully saturated rings. The van der Waals surface area contributed by atoms with Crippen LogP contribution in [-0.2, 0) is 0 Å². The van der Waals surface area contributed by atoms with E-state index in [9.17, 15) is 0 Å². The van der Waals surface area contributed by atoms with Crippen LogP contribution in [0.15, 0.2) is 28.7 Å². The fourth-order valence-corrected chi connectivity index (χ4v) is 1.32. The summed E-state index contributed by atoms with van der Waals surface area (Å²) < 4.78 is 10.3. The molecule has 0 saturated carbocycles. The molecule has 0 unspecified atom stereocenters. The van der Waals surface area contributed by atoms with E-state index in [0.29, 0.717) is 23.8 Å². The first kappa shape index (κ1) is 9.21. The van der Waals surface area contributed by atoms with E-state index < -0.39 is 0 Å². The van der Waals surface area contributed by atoms with Crippen LogP contribution in [0.25, 0.3) is 11.0 Å². The van der Waals surface area contributed by atoms with Gasteiger partial charge in [0.15, 0.2) is 0 Å². The Bertz CT molecular complexity index is 436. The van der Waals surface area contributed by atoms with E-state index >= 15 is 0 Å². The van der Waals surface area contributed by atoms with Crippen molar-refractivity contribution in [2.45, 2.75) is 0 Å². The molecule has 0 radical (unpaired) electrons. The van der Waals surface area contributed by atoms with Gasteiger partial charge < -0.3 is 14.3 Å². The molecule has 0 amide bonds. The zero-order valence-corrected chi connectivity index (χ0v) is 8.12. The standard InChI is InChI=1S/C10H9ClO3/c11-3-4-13-8-2-1-7-5-10(12)14-9(7)6-8/h1-2,5-6,12H,3-4H2. The number of halogens is 1. The van der Waals surface area contributed by atoms with Crippen molar-refractivity contribution in [3.63, 3.8) is 0 Å². The third-order valence-electron chi connectivity index (χ3n) is 1.82. The predicted molar refractivity (Wildman–Crippen MR) is 54.1 cm³/mol. The zero-order valence-electron chi connectivity index (χ0n) is 7.37. The number of furan rings is 1. The number of fused-ring (bicyclic) bond motifs is 1. The molecule has 0 spiro atoms. The van der Waals surface area contributed by atoms with Gasteiger partial charge in [-0.15, -0.1) is 11.6 Å². The summed E-state index contributed by atoms with van der Waals surface area (Å²) in [5, 5.41) is 9.94. The lowest BCUT2D eigenvalue weighted by Crippen LogP contribution is -1.97. The molecule has 0 bridgehead atoms. The Balaban J connectivity index is 2.31. The van der Waals surface area contributed by atoms with Crippen molar-refractivity contribution >= 4 is 22.6 Å². The minimum atomic E-state index is -0.0884. The Morgan fingerprint density at radius 1 is 1.36 bits per heavy atom. The second kappa shape index (κ2) is 3.80. The third-order valence-corrected chi connectivity index (χ3v) is 1.98. The molecule has 1 heterocycles. The highest BCUT2D eigenvalue weighted by Crippen LogP contribution is 2.27. The number of aromatic hydroxyl groups is 1. The lowest BCUT2D eigenvalue weighted by atomic mass is 10.2. The quantitative estimate of drug-likeness (QED) is 0.796. The van der Waals surface area contributed by atoms with Crippen LogP contribution in [0.1, 0.15) is 0 Å². The number of hydrogen-bond donors (Lipinski definition) is 1. The van der Waals surface area contributed by atoms with Crippen LogP contribution in [0.3, 0.4) is 0 Å². The van der Waals surface area contributed by atoms with Gasteiger partial charge in [0.25, 0.3) is 5.95 Å². The lowest BCUT2D eigenvalue weighted by molar-refractivity contribution is 0.338. The molecule has 2 aromatic rings. The van der Waals surface area contributed by atoms with Crippen LogP contribution in [-0.4, -0.2) is 17.6 Å². The van der Waals surface area contributed by atoms with Crippen molar-refractivity contribution in [3.8, 4) is 11.7 Å². The summed E-state index contributed by atoms with van der Waals surface area (Å²) in [6.07, 6.45) is 0. The molecular weight excluding hydrogens is 204 g/mol. The maximum absolute atomic E-state index is 9.09. The van der Waals surface area contributed by atoms with Crippen molar-refractivity contribution in [1.82, 2.24) is 0 Å². The molecule has 1 N–H and O–H groups in total. The fraction of sp³-hybridized carbons (Fsp3) is 0.200. The molecule has 0 saturated heterocycles. The number of benzene rings is 1. The van der Waals surface area contributed by atoms with Gasteiger partial charge in [-0.1, -0.05) is 0 Å². The number of ether oxygens (including phenoxy) is 1. The number of hydrogen-bond acceptors (Lipinski definition) is 3. The summed E-state index contributed by atoms with van der Waals surface area (Å²) in [7, 11) is 0. The van der Waals surface area contributed by atoms with E-state index in [1.165, 1.54) is 0 Å². The van der Waals surface area contributed by atoms with Crippen LogP contribution in [0.5, 0.6) is 11.7 Å². The van der Waals surface area contributed by atoms with E-state index in [2.05, 4.69) is 0 Å². The Morgan fingerprint density at radius 2 is 2.21 bits per heavy atom. The van der Waals surface area contributed by atoms with Crippen molar-refractivity contribution in [1.29, 1.82) is 0 Å². The van der Waals surface area contributed by atoms with E-state index in [1.807, 2.05) is 12.1 Å². The normalized spacial score (nSPS) is 10.6. The van der Waals surface area contributed by atoms with Gasteiger partial charge in [-0.2, -0.15) is 0 Å². The van der Waals surface area contributed by atoms with Crippen molar-refractivity contribution in [2.24, 2.45) is 0 Å². The molecule has 0 atom stereocenters. The molecule has 0 aliphatic rings. The average Bonchev–Trinajstić information content (AvgIpc) is 2.54. The van der Waals surface area contributed by atoms with Gasteiger partial charge in [-0.05, 0) is 12.1 Å². The first-order valence-corrected chi connectivity index (χ1v) is 4.74. The molecule has 74 valence electrons. The van der Waals surface area contributed by atoms with E-state index in [0.717, 1.165) is 5.39 Å². The van der Waals surface area contributed by atoms with Gasteiger partial charge in [-0.3, -0.25) is 0 Å². The highest BCUT2D eigenvalue weighted by Gasteiger charge is 2.03. The first-order chi connectivity index (χ1) is 6.79. The SMILES string of the molecule is Oc1cc2ccc(OCCCl)cc2o1. The smallest absolute Gasteiger partial charge is 0.282 e. The van der Waals surface area contributed by atoms with Crippen LogP contribution in [0.2, 0.25) is 0 Å². The van der Waals surface area contributed by atoms with Gasteiger partial charge in [0.1, 0.15) is 17.9 Å². The molecule has 14 heavy (non-hydrogen) atoms. The van der Waals surface area contributed by atoms with E-state index in [4.69, 9.17) is 25.9 Å². The Labute approximate surface area is 85.8 Å². The summed E-state index contributed by atoms with van der Waals surface area (Å²) in [4.78, 5) is 0. The third kappa shape index (κ3) is 1.77. The lowest BCUT2D eigenvalue weighted by Gasteiger charge is -2.02. The topological polar surface area (TPSA) is 42.6 Å². The largest absolute Gasteiger partial charge is 0.492 e. The van der Waals surface area contributed by atoms with Crippen LogP contribution < -0.4 is 4.74 Å². The van der Waals surface area contributed by atoms with Gasteiger partial charge in [0.2, 0.25) is 0 Å². The molecular formula is C10H9ClO3. The second-order valence-electron chi connectivity index (χ2n) is 2.82. The van der Waals surface area contributed by atoms with Crippen molar-refractivity contribution < 1.29 is 14.3 Å². The maximum atomic E-state index is 9.09. The number of rotatable bonds is 3. The van der Waals surface area contributed by atoms with Crippen molar-refractivity contribution in [2.75, 3.05) is 12.5 Å². The average molecular weight is 213 g/mol. The zero-order chi connectivity index (χ0) is 9.97. The molecule has 4 heteroatoms. The van der Waals surface area contributed by atoms with Gasteiger partial charge >= 0.3 is 0 Å². The molecule has 2 rings (SSSR count). The number of alkyl halides is 1. The fourth-order valence-electron chi connectivity index (χ4n) is 1.24. The Kier molecular flexibility index (Phi) is 2.50. The van der Waals surface area contributed by atoms with Crippen LogP contribution in [0.4, 0.5) is 0 Å². The van der Waals surface area contributed by atoms with Gasteiger partial charge in [0, 0.05) is 17.5 Å². The Hall–Kier alpha value is -1.35. The predicted octanol–water partition coefficient (Wildman–Crippen LogP) is 2.76. The summed E-state index contributed by atoms with van der Waals surface area (Å²) >= 11 is 5.49. The highest BCUT2D eigenvalue weighted by atomic mass is 35.5. The molecule has 1 aromatic carbocycles. The molecule has 0 aliphatic heterocycles. The molecule has 0 aliphatic carbocycles. The summed E-state index contributed by atoms with van der Waals surface area (Å²) in [5.74, 6) is 1.04. The Morgan fingerprint density at radius 3 is 3.00 bits per heavy atom. The van der Waals surface area contributed by atoms with Crippen molar-refractivity contribution in [3.05, 3.63) is 24.3 Å². The highest BCUT2D eigenvalue weighted by molar-refractivity contribution is 6.18. The minimum absolute atomic E-state index is 0.0884. The maximum Gasteiger partial charge on any atom is 0.282 e. The monoisotopic (exact) mass is 212 g/mol. The van der Waals surface area contributed by atoms with Gasteiger partial charge in [0.05, 0.1) is 5.88 Å². The van der Waals surface area contributed by atoms with Crippen LogP contribution in [0, 0.1) is 0 Å². The minimum Gasteiger partial charge on any atom is -0.492 e. The van der Waals surface area contributed by atoms with Crippen LogP contribution >= 0.6 is 11.6 Å². The second-order valence-corrected chi connectivity index (χ2v) is 3.20. The summed E-state index contributed by atoms with van der Waals surface area (Å²) in [6, 6.07) is 6.91.